The van der Waals surface area contributed by atoms with Crippen molar-refractivity contribution in [2.24, 2.45) is 0 Å². The number of piperidine rings is 1. The Morgan fingerprint density at radius 2 is 1.86 bits per heavy atom. The monoisotopic (exact) mass is 410 g/mol. The summed E-state index contributed by atoms with van der Waals surface area (Å²) in [6, 6.07) is 4.66. The number of nitrogens with one attached hydrogen (secondary N) is 1. The third kappa shape index (κ3) is 4.99. The van der Waals surface area contributed by atoms with Gasteiger partial charge in [-0.05, 0) is 70.6 Å². The van der Waals surface area contributed by atoms with Gasteiger partial charge in [0.25, 0.3) is 0 Å². The van der Waals surface area contributed by atoms with Gasteiger partial charge in [0, 0.05) is 37.5 Å². The Kier molecular flexibility index (Phi) is 6.57. The maximum Gasteiger partial charge on any atom is 0.175 e. The van der Waals surface area contributed by atoms with Crippen LogP contribution in [0.4, 0.5) is 5.69 Å². The minimum Gasteiger partial charge on any atom is -0.506 e. The van der Waals surface area contributed by atoms with E-state index < -0.39 is 9.84 Å². The third-order valence-electron chi connectivity index (χ3n) is 6.43. The molecule has 6 nitrogen and oxygen atoms in total. The minimum absolute atomic E-state index is 0.0936. The summed E-state index contributed by atoms with van der Waals surface area (Å²) in [7, 11) is -3.29. The van der Waals surface area contributed by atoms with Gasteiger partial charge < -0.3 is 15.2 Å². The molecule has 0 amide bonds. The molecule has 0 spiro atoms. The normalized spacial score (nSPS) is 27.6. The van der Waals surface area contributed by atoms with E-state index >= 15 is 0 Å². The lowest BCUT2D eigenvalue weighted by atomic mass is 9.79. The number of sulfone groups is 1. The quantitative estimate of drug-likeness (QED) is 0.700. The highest BCUT2D eigenvalue weighted by atomic mass is 32.2. The molecule has 1 saturated heterocycles. The number of hydrogen-bond donors (Lipinski definition) is 2. The summed E-state index contributed by atoms with van der Waals surface area (Å²) < 4.78 is 29.4. The van der Waals surface area contributed by atoms with E-state index in [4.69, 9.17) is 4.74 Å². The topological polar surface area (TPSA) is 78.9 Å². The highest BCUT2D eigenvalue weighted by Crippen LogP contribution is 2.37. The molecule has 0 radical (unpaired) electrons. The number of hydrogen-bond acceptors (Lipinski definition) is 6. The van der Waals surface area contributed by atoms with Crippen LogP contribution < -0.4 is 5.32 Å². The smallest absolute Gasteiger partial charge is 0.175 e. The van der Waals surface area contributed by atoms with Gasteiger partial charge in [-0.3, -0.25) is 4.90 Å². The molecule has 1 aliphatic carbocycles. The summed E-state index contributed by atoms with van der Waals surface area (Å²) >= 11 is 0. The van der Waals surface area contributed by atoms with E-state index in [-0.39, 0.29) is 22.2 Å². The number of anilines is 1. The average Bonchev–Trinajstić information content (AvgIpc) is 2.65. The molecular weight excluding hydrogens is 376 g/mol. The van der Waals surface area contributed by atoms with Crippen molar-refractivity contribution in [3.05, 3.63) is 18.2 Å². The zero-order valence-corrected chi connectivity index (χ0v) is 18.1. The van der Waals surface area contributed by atoms with E-state index in [9.17, 15) is 13.5 Å². The molecule has 28 heavy (non-hydrogen) atoms. The lowest BCUT2D eigenvalue weighted by Crippen LogP contribution is -2.53. The molecule has 1 aromatic rings. The first kappa shape index (κ1) is 21.4. The zero-order chi connectivity index (χ0) is 20.4. The Bertz CT molecular complexity index is 765. The van der Waals surface area contributed by atoms with Crippen LogP contribution in [0.5, 0.6) is 5.75 Å². The van der Waals surface area contributed by atoms with Crippen LogP contribution >= 0.6 is 0 Å². The summed E-state index contributed by atoms with van der Waals surface area (Å²) in [5.41, 5.74) is 0.751. The maximum absolute atomic E-state index is 11.8. The van der Waals surface area contributed by atoms with E-state index in [1.54, 1.807) is 0 Å². The first-order valence-electron chi connectivity index (χ1n) is 10.4. The van der Waals surface area contributed by atoms with Crippen molar-refractivity contribution < 1.29 is 18.3 Å². The minimum atomic E-state index is -3.29. The van der Waals surface area contributed by atoms with E-state index in [2.05, 4.69) is 24.1 Å². The number of aromatic hydroxyl groups is 1. The molecule has 1 heterocycles. The number of phenols is 1. The molecule has 1 saturated carbocycles. The standard InChI is InChI=1S/C21H34N2O4S/c1-4-27-17-7-11-21(2,12-8-17)23-13-9-16(10-14-23)22-19-15-18(28(3,25)26)5-6-20(19)24/h5-6,15-17,22,24H,4,7-14H2,1-3H3. The van der Waals surface area contributed by atoms with Crippen LogP contribution in [0.1, 0.15) is 52.4 Å². The number of rotatable bonds is 6. The van der Waals surface area contributed by atoms with Crippen LogP contribution in [-0.2, 0) is 14.6 Å². The number of phenolic OH excluding ortho intramolecular Hbond substituents is 1. The van der Waals surface area contributed by atoms with Gasteiger partial charge in [-0.15, -0.1) is 0 Å². The van der Waals surface area contributed by atoms with Gasteiger partial charge >= 0.3 is 0 Å². The maximum atomic E-state index is 11.8. The van der Waals surface area contributed by atoms with Crippen LogP contribution in [0, 0.1) is 0 Å². The Labute approximate surface area is 169 Å². The molecule has 2 N–H and O–H groups in total. The number of nitrogens with zero attached hydrogens (tertiary/aromatic N) is 1. The first-order chi connectivity index (χ1) is 13.2. The molecule has 2 fully saturated rings. The second kappa shape index (κ2) is 8.59. The summed E-state index contributed by atoms with van der Waals surface area (Å²) in [5.74, 6) is 0.0936. The van der Waals surface area contributed by atoms with E-state index in [1.807, 2.05) is 0 Å². The molecule has 0 bridgehead atoms. The van der Waals surface area contributed by atoms with E-state index in [0.717, 1.165) is 45.4 Å². The molecule has 1 aliphatic heterocycles. The molecule has 3 rings (SSSR count). The number of ether oxygens (including phenoxy) is 1. The summed E-state index contributed by atoms with van der Waals surface area (Å²) in [4.78, 5) is 2.84. The van der Waals surface area contributed by atoms with Crippen LogP contribution in [-0.4, -0.2) is 62.1 Å². The van der Waals surface area contributed by atoms with Crippen LogP contribution in [0.15, 0.2) is 23.1 Å². The molecule has 158 valence electrons. The lowest BCUT2D eigenvalue weighted by molar-refractivity contribution is -0.0242. The Hall–Kier alpha value is -1.31. The van der Waals surface area contributed by atoms with Gasteiger partial charge in [0.1, 0.15) is 5.75 Å². The van der Waals surface area contributed by atoms with Gasteiger partial charge in [0.15, 0.2) is 9.84 Å². The number of benzene rings is 1. The fourth-order valence-electron chi connectivity index (χ4n) is 4.58. The molecule has 0 aromatic heterocycles. The predicted octanol–water partition coefficient (Wildman–Crippen LogP) is 3.41. The summed E-state index contributed by atoms with van der Waals surface area (Å²) in [5, 5.41) is 13.5. The summed E-state index contributed by atoms with van der Waals surface area (Å²) in [6.07, 6.45) is 8.17. The van der Waals surface area contributed by atoms with Crippen molar-refractivity contribution in [2.45, 2.75) is 75.0 Å². The van der Waals surface area contributed by atoms with Crippen LogP contribution in [0.2, 0.25) is 0 Å². The molecule has 1 aromatic carbocycles. The zero-order valence-electron chi connectivity index (χ0n) is 17.3. The lowest BCUT2D eigenvalue weighted by Gasteiger charge is -2.48. The van der Waals surface area contributed by atoms with Crippen LogP contribution in [0.3, 0.4) is 0 Å². The first-order valence-corrected chi connectivity index (χ1v) is 12.3. The van der Waals surface area contributed by atoms with Crippen LogP contribution in [0.25, 0.3) is 0 Å². The largest absolute Gasteiger partial charge is 0.506 e. The molecule has 0 atom stereocenters. The second-order valence-corrected chi connectivity index (χ2v) is 10.5. The van der Waals surface area contributed by atoms with Crippen molar-refractivity contribution in [1.29, 1.82) is 0 Å². The van der Waals surface area contributed by atoms with Crippen molar-refractivity contribution in [1.82, 2.24) is 4.90 Å². The van der Waals surface area contributed by atoms with Gasteiger partial charge in [0.2, 0.25) is 0 Å². The summed E-state index contributed by atoms with van der Waals surface area (Å²) in [6.45, 7) is 7.27. The Balaban J connectivity index is 1.56. The number of likely N-dealkylation sites (tertiary alicyclic amines) is 1. The Morgan fingerprint density at radius 3 is 2.43 bits per heavy atom. The SMILES string of the molecule is CCOC1CCC(C)(N2CCC(Nc3cc(S(C)(=O)=O)ccc3O)CC2)CC1. The molecule has 0 unspecified atom stereocenters. The molecule has 7 heteroatoms. The second-order valence-electron chi connectivity index (χ2n) is 8.51. The van der Waals surface area contributed by atoms with Crippen molar-refractivity contribution in [3.8, 4) is 5.75 Å². The van der Waals surface area contributed by atoms with Gasteiger partial charge in [-0.2, -0.15) is 0 Å². The predicted molar refractivity (Wildman–Crippen MR) is 112 cm³/mol. The van der Waals surface area contributed by atoms with Crippen molar-refractivity contribution >= 4 is 15.5 Å². The fraction of sp³-hybridized carbons (Fsp3) is 0.714. The highest BCUT2D eigenvalue weighted by molar-refractivity contribution is 7.90. The van der Waals surface area contributed by atoms with E-state index in [0.29, 0.717) is 11.8 Å². The Morgan fingerprint density at radius 1 is 1.21 bits per heavy atom. The van der Waals surface area contributed by atoms with Crippen molar-refractivity contribution in [2.75, 3.05) is 31.3 Å². The van der Waals surface area contributed by atoms with Gasteiger partial charge in [-0.1, -0.05) is 0 Å². The average molecular weight is 411 g/mol. The van der Waals surface area contributed by atoms with E-state index in [1.165, 1.54) is 37.3 Å². The molecule has 2 aliphatic rings. The van der Waals surface area contributed by atoms with Gasteiger partial charge in [0.05, 0.1) is 16.7 Å². The fourth-order valence-corrected chi connectivity index (χ4v) is 5.22. The molecular formula is C21H34N2O4S. The highest BCUT2D eigenvalue weighted by Gasteiger charge is 2.38. The third-order valence-corrected chi connectivity index (χ3v) is 7.54. The van der Waals surface area contributed by atoms with Gasteiger partial charge in [-0.25, -0.2) is 8.42 Å². The van der Waals surface area contributed by atoms with Crippen molar-refractivity contribution in [3.63, 3.8) is 0 Å².